The fraction of sp³-hybridized carbons (Fsp3) is 0.316. The highest BCUT2D eigenvalue weighted by Gasteiger charge is 2.27. The molecule has 3 aromatic carbocycles. The van der Waals surface area contributed by atoms with Crippen molar-refractivity contribution >= 4 is 23.4 Å². The van der Waals surface area contributed by atoms with E-state index in [1.165, 1.54) is 11.1 Å². The largest absolute Gasteiger partial charge is 0.345 e. The van der Waals surface area contributed by atoms with Gasteiger partial charge in [-0.15, -0.1) is 0 Å². The Balaban J connectivity index is 1.30. The van der Waals surface area contributed by atoms with E-state index in [1.54, 1.807) is 18.5 Å². The van der Waals surface area contributed by atoms with Gasteiger partial charge in [-0.25, -0.2) is 0 Å². The van der Waals surface area contributed by atoms with Gasteiger partial charge < -0.3 is 9.80 Å². The summed E-state index contributed by atoms with van der Waals surface area (Å²) in [5.74, 6) is 0.0689. The van der Waals surface area contributed by atoms with Crippen LogP contribution in [0.2, 0.25) is 0 Å². The Kier molecular flexibility index (Phi) is 9.73. The maximum atomic E-state index is 13.8. The fourth-order valence-corrected chi connectivity index (χ4v) is 5.71. The van der Waals surface area contributed by atoms with E-state index in [0.717, 1.165) is 55.0 Å². The van der Waals surface area contributed by atoms with E-state index in [4.69, 9.17) is 0 Å². The lowest BCUT2D eigenvalue weighted by molar-refractivity contribution is -0.130. The van der Waals surface area contributed by atoms with Gasteiger partial charge in [0.15, 0.2) is 0 Å². The zero-order valence-corrected chi connectivity index (χ0v) is 26.0. The molecule has 1 saturated heterocycles. The Bertz CT molecular complexity index is 1470. The summed E-state index contributed by atoms with van der Waals surface area (Å²) in [6, 6.07) is 31.9. The number of nitrogens with zero attached hydrogens (tertiary/aromatic N) is 4. The molecule has 1 aliphatic rings. The smallest absolute Gasteiger partial charge is 0.247 e. The van der Waals surface area contributed by atoms with E-state index in [1.807, 2.05) is 18.2 Å². The molecule has 222 valence electrons. The van der Waals surface area contributed by atoms with E-state index in [0.29, 0.717) is 6.54 Å². The maximum Gasteiger partial charge on any atom is 0.247 e. The summed E-state index contributed by atoms with van der Waals surface area (Å²) in [5.41, 5.74) is 7.09. The van der Waals surface area contributed by atoms with Crippen LogP contribution < -0.4 is 4.90 Å². The van der Waals surface area contributed by atoms with Crippen molar-refractivity contribution < 1.29 is 4.79 Å². The molecular weight excluding hydrogens is 528 g/mol. The normalized spacial score (nSPS) is 14.6. The lowest BCUT2D eigenvalue weighted by atomic mass is 9.87. The van der Waals surface area contributed by atoms with Crippen LogP contribution in [0.3, 0.4) is 0 Å². The molecule has 43 heavy (non-hydrogen) atoms. The van der Waals surface area contributed by atoms with Crippen LogP contribution in [0.1, 0.15) is 55.9 Å². The number of carbonyl (C=O) groups is 1. The van der Waals surface area contributed by atoms with Crippen molar-refractivity contribution in [3.8, 4) is 0 Å². The standard InChI is InChI=1S/C38H44N4O/c1-38(2,3)33-15-10-30(11-16-33)14-19-37(43)42(36-22-26-41(27-23-36)28-31-8-6-5-7-9-31)29-32-12-17-34(18-13-32)40(4)35-20-24-39-25-21-35/h5-21,24-25,36H,22-23,26-29H2,1-4H3/b19-14+. The zero-order valence-electron chi connectivity index (χ0n) is 26.0. The number of benzene rings is 3. The molecule has 5 nitrogen and oxygen atoms in total. The highest BCUT2D eigenvalue weighted by atomic mass is 16.2. The number of pyridine rings is 1. The molecule has 1 amide bonds. The molecule has 0 aliphatic carbocycles. The molecule has 1 aromatic heterocycles. The maximum absolute atomic E-state index is 13.8. The van der Waals surface area contributed by atoms with E-state index in [-0.39, 0.29) is 17.4 Å². The van der Waals surface area contributed by atoms with Crippen LogP contribution in [0.5, 0.6) is 0 Å². The van der Waals surface area contributed by atoms with Crippen molar-refractivity contribution in [2.45, 2.75) is 58.2 Å². The van der Waals surface area contributed by atoms with E-state index in [9.17, 15) is 4.79 Å². The lowest BCUT2D eigenvalue weighted by Gasteiger charge is -2.38. The highest BCUT2D eigenvalue weighted by molar-refractivity contribution is 5.92. The molecule has 0 unspecified atom stereocenters. The second kappa shape index (κ2) is 13.8. The summed E-state index contributed by atoms with van der Waals surface area (Å²) >= 11 is 0. The van der Waals surface area contributed by atoms with Crippen molar-refractivity contribution in [3.63, 3.8) is 0 Å². The van der Waals surface area contributed by atoms with Gasteiger partial charge in [0.1, 0.15) is 0 Å². The van der Waals surface area contributed by atoms with Crippen LogP contribution in [-0.4, -0.2) is 46.9 Å². The molecule has 0 bridgehead atoms. The van der Waals surface area contributed by atoms with Crippen molar-refractivity contribution in [3.05, 3.63) is 132 Å². The van der Waals surface area contributed by atoms with Crippen LogP contribution in [0.25, 0.3) is 6.08 Å². The summed E-state index contributed by atoms with van der Waals surface area (Å²) in [6.45, 7) is 10.2. The van der Waals surface area contributed by atoms with E-state index < -0.39 is 0 Å². The van der Waals surface area contributed by atoms with Gasteiger partial charge in [-0.1, -0.05) is 87.5 Å². The van der Waals surface area contributed by atoms with Crippen molar-refractivity contribution in [2.75, 3.05) is 25.0 Å². The number of carbonyl (C=O) groups excluding carboxylic acids is 1. The monoisotopic (exact) mass is 572 g/mol. The van der Waals surface area contributed by atoms with Crippen LogP contribution in [0.4, 0.5) is 11.4 Å². The minimum Gasteiger partial charge on any atom is -0.345 e. The number of hydrogen-bond donors (Lipinski definition) is 0. The molecule has 0 spiro atoms. The van der Waals surface area contributed by atoms with Gasteiger partial charge in [0.25, 0.3) is 0 Å². The molecule has 0 radical (unpaired) electrons. The molecule has 5 heteroatoms. The van der Waals surface area contributed by atoms with Crippen molar-refractivity contribution in [1.29, 1.82) is 0 Å². The average molecular weight is 573 g/mol. The Morgan fingerprint density at radius 3 is 2.09 bits per heavy atom. The number of rotatable bonds is 9. The Morgan fingerprint density at radius 1 is 0.837 bits per heavy atom. The second-order valence-electron chi connectivity index (χ2n) is 12.6. The van der Waals surface area contributed by atoms with Crippen LogP contribution in [0.15, 0.2) is 109 Å². The molecular formula is C38H44N4O. The first-order valence-corrected chi connectivity index (χ1v) is 15.3. The number of anilines is 2. The summed E-state index contributed by atoms with van der Waals surface area (Å²) in [7, 11) is 2.06. The number of piperidine rings is 1. The number of aromatic nitrogens is 1. The topological polar surface area (TPSA) is 39.7 Å². The quantitative estimate of drug-likeness (QED) is 0.192. The predicted octanol–water partition coefficient (Wildman–Crippen LogP) is 7.85. The minimum atomic E-state index is 0.0689. The lowest BCUT2D eigenvalue weighted by Crippen LogP contribution is -2.46. The molecule has 2 heterocycles. The fourth-order valence-electron chi connectivity index (χ4n) is 5.71. The highest BCUT2D eigenvalue weighted by Crippen LogP contribution is 2.26. The summed E-state index contributed by atoms with van der Waals surface area (Å²) in [5, 5.41) is 0. The van der Waals surface area contributed by atoms with Gasteiger partial charge in [-0.2, -0.15) is 0 Å². The minimum absolute atomic E-state index is 0.0689. The third-order valence-corrected chi connectivity index (χ3v) is 8.45. The van der Waals surface area contributed by atoms with E-state index >= 15 is 0 Å². The molecule has 1 fully saturated rings. The third-order valence-electron chi connectivity index (χ3n) is 8.45. The molecule has 0 N–H and O–H groups in total. The first kappa shape index (κ1) is 30.2. The van der Waals surface area contributed by atoms with Gasteiger partial charge in [-0.3, -0.25) is 14.7 Å². The van der Waals surface area contributed by atoms with Crippen LogP contribution >= 0.6 is 0 Å². The number of amides is 1. The molecule has 0 atom stereocenters. The van der Waals surface area contributed by atoms with Gasteiger partial charge >= 0.3 is 0 Å². The van der Waals surface area contributed by atoms with Crippen molar-refractivity contribution in [1.82, 2.24) is 14.8 Å². The number of likely N-dealkylation sites (tertiary alicyclic amines) is 1. The zero-order chi connectivity index (χ0) is 30.2. The molecule has 0 saturated carbocycles. The first-order chi connectivity index (χ1) is 20.8. The first-order valence-electron chi connectivity index (χ1n) is 15.3. The Hall–Kier alpha value is -4.22. The SMILES string of the molecule is CN(c1ccncc1)c1ccc(CN(C(=O)/C=C/c2ccc(C(C)(C)C)cc2)C2CCN(Cc3ccccc3)CC2)cc1. The van der Waals surface area contributed by atoms with Gasteiger partial charge in [-0.05, 0) is 70.9 Å². The van der Waals surface area contributed by atoms with Crippen LogP contribution in [0, 0.1) is 0 Å². The van der Waals surface area contributed by atoms with Crippen LogP contribution in [-0.2, 0) is 23.3 Å². The van der Waals surface area contributed by atoms with Crippen molar-refractivity contribution in [2.24, 2.45) is 0 Å². The second-order valence-corrected chi connectivity index (χ2v) is 12.6. The predicted molar refractivity (Wildman–Crippen MR) is 178 cm³/mol. The van der Waals surface area contributed by atoms with E-state index in [2.05, 4.69) is 126 Å². The number of hydrogen-bond acceptors (Lipinski definition) is 4. The molecule has 1 aliphatic heterocycles. The summed E-state index contributed by atoms with van der Waals surface area (Å²) in [6.07, 6.45) is 9.26. The van der Waals surface area contributed by atoms with Gasteiger partial charge in [0, 0.05) is 69.1 Å². The Labute approximate surface area is 257 Å². The van der Waals surface area contributed by atoms with Gasteiger partial charge in [0.05, 0.1) is 0 Å². The molecule has 5 rings (SSSR count). The molecule has 4 aromatic rings. The summed E-state index contributed by atoms with van der Waals surface area (Å²) < 4.78 is 0. The third kappa shape index (κ3) is 8.20. The summed E-state index contributed by atoms with van der Waals surface area (Å²) in [4.78, 5) is 24.7. The van der Waals surface area contributed by atoms with Gasteiger partial charge in [0.2, 0.25) is 5.91 Å². The Morgan fingerprint density at radius 2 is 1.47 bits per heavy atom. The average Bonchev–Trinajstić information content (AvgIpc) is 3.03.